The number of carbonyl (C=O) groups excluding carboxylic acids is 1. The number of H-pyrrole nitrogens is 1. The van der Waals surface area contributed by atoms with E-state index in [2.05, 4.69) is 36.4 Å². The van der Waals surface area contributed by atoms with Gasteiger partial charge in [0.25, 0.3) is 11.1 Å². The molecule has 2 aromatic rings. The van der Waals surface area contributed by atoms with Crippen molar-refractivity contribution in [1.82, 2.24) is 15.1 Å². The second-order valence-electron chi connectivity index (χ2n) is 9.72. The maximum absolute atomic E-state index is 12.5. The molecule has 0 unspecified atom stereocenters. The molecule has 0 aliphatic heterocycles. The summed E-state index contributed by atoms with van der Waals surface area (Å²) in [6.45, 7) is 5.07. The van der Waals surface area contributed by atoms with E-state index < -0.39 is 0 Å². The molecule has 4 atom stereocenters. The van der Waals surface area contributed by atoms with Crippen LogP contribution in [0.15, 0.2) is 52.1 Å². The molecule has 32 heavy (non-hydrogen) atoms. The van der Waals surface area contributed by atoms with Crippen LogP contribution in [-0.2, 0) is 11.3 Å². The summed E-state index contributed by atoms with van der Waals surface area (Å²) in [4.78, 5) is 35.8. The van der Waals surface area contributed by atoms with Crippen molar-refractivity contribution in [1.29, 1.82) is 0 Å². The summed E-state index contributed by atoms with van der Waals surface area (Å²) in [6, 6.07) is 12.7. The lowest BCUT2D eigenvalue weighted by molar-refractivity contribution is -0.121. The Kier molecular flexibility index (Phi) is 8.07. The molecular weight excluding hydrogens is 406 g/mol. The van der Waals surface area contributed by atoms with Gasteiger partial charge in [0.1, 0.15) is 0 Å². The van der Waals surface area contributed by atoms with Crippen molar-refractivity contribution >= 4 is 5.91 Å². The predicted molar refractivity (Wildman–Crippen MR) is 124 cm³/mol. The van der Waals surface area contributed by atoms with E-state index >= 15 is 0 Å². The van der Waals surface area contributed by atoms with Crippen LogP contribution < -0.4 is 16.4 Å². The van der Waals surface area contributed by atoms with Crippen molar-refractivity contribution in [2.24, 2.45) is 11.3 Å². The molecule has 1 aliphatic carbocycles. The second kappa shape index (κ2) is 10.8. The van der Waals surface area contributed by atoms with Crippen LogP contribution in [-0.4, -0.2) is 33.4 Å². The number of aromatic amines is 1. The molecule has 3 rings (SSSR count). The van der Waals surface area contributed by atoms with E-state index in [1.54, 1.807) is 0 Å². The highest BCUT2D eigenvalue weighted by molar-refractivity contribution is 5.75. The van der Waals surface area contributed by atoms with Gasteiger partial charge in [0.05, 0.1) is 12.6 Å². The van der Waals surface area contributed by atoms with Gasteiger partial charge < -0.3 is 10.4 Å². The van der Waals surface area contributed by atoms with E-state index in [9.17, 15) is 19.5 Å². The van der Waals surface area contributed by atoms with Crippen LogP contribution >= 0.6 is 0 Å². The first-order valence-electron chi connectivity index (χ1n) is 11.5. The highest BCUT2D eigenvalue weighted by atomic mass is 16.3. The van der Waals surface area contributed by atoms with E-state index in [-0.39, 0.29) is 47.4 Å². The number of aliphatic hydroxyl groups excluding tert-OH is 1. The highest BCUT2D eigenvalue weighted by Gasteiger charge is 2.33. The zero-order valence-corrected chi connectivity index (χ0v) is 19.0. The van der Waals surface area contributed by atoms with Crippen LogP contribution in [0, 0.1) is 11.3 Å². The lowest BCUT2D eigenvalue weighted by Gasteiger charge is -2.34. The molecule has 3 N–H and O–H groups in total. The van der Waals surface area contributed by atoms with Gasteiger partial charge in [0, 0.05) is 25.1 Å². The number of benzene rings is 1. The van der Waals surface area contributed by atoms with E-state index in [0.29, 0.717) is 12.5 Å². The molecular formula is C25H35N3O4. The minimum atomic E-state index is -0.369. The fourth-order valence-electron chi connectivity index (χ4n) is 4.76. The smallest absolute Gasteiger partial charge is 0.265 e. The van der Waals surface area contributed by atoms with Gasteiger partial charge in [-0.1, -0.05) is 50.6 Å². The lowest BCUT2D eigenvalue weighted by Crippen LogP contribution is -2.38. The number of nitrogens with one attached hydrogen (secondary N) is 2. The quantitative estimate of drug-likeness (QED) is 0.641. The third-order valence-electron chi connectivity index (χ3n) is 6.65. The molecule has 0 radical (unpaired) electrons. The van der Waals surface area contributed by atoms with Gasteiger partial charge in [0.15, 0.2) is 0 Å². The number of aryl methyl sites for hydroxylation is 1. The minimum absolute atomic E-state index is 0.105. The fraction of sp³-hybridized carbons (Fsp3) is 0.560. The molecule has 0 bridgehead atoms. The molecule has 0 spiro atoms. The summed E-state index contributed by atoms with van der Waals surface area (Å²) in [6.07, 6.45) is 4.18. The van der Waals surface area contributed by atoms with E-state index in [1.807, 2.05) is 18.2 Å². The minimum Gasteiger partial charge on any atom is -0.393 e. The number of nitrogens with zero attached hydrogens (tertiary/aromatic N) is 1. The summed E-state index contributed by atoms with van der Waals surface area (Å²) in [5, 5.41) is 16.1. The fourth-order valence-corrected chi connectivity index (χ4v) is 4.76. The van der Waals surface area contributed by atoms with Crippen molar-refractivity contribution in [2.75, 3.05) is 6.54 Å². The molecule has 1 aromatic carbocycles. The van der Waals surface area contributed by atoms with Crippen LogP contribution in [0.3, 0.4) is 0 Å². The summed E-state index contributed by atoms with van der Waals surface area (Å²) < 4.78 is 1.16. The highest BCUT2D eigenvalue weighted by Crippen LogP contribution is 2.41. The number of carbonyl (C=O) groups is 1. The van der Waals surface area contributed by atoms with Crippen LogP contribution in [0.4, 0.5) is 0 Å². The first-order chi connectivity index (χ1) is 15.2. The zero-order chi connectivity index (χ0) is 23.1. The Bertz CT molecular complexity index is 1000. The Labute approximate surface area is 188 Å². The van der Waals surface area contributed by atoms with E-state index in [4.69, 9.17) is 0 Å². The normalized spacial score (nSPS) is 26.5. The number of amides is 1. The Morgan fingerprint density at radius 3 is 2.69 bits per heavy atom. The molecule has 1 fully saturated rings. The average Bonchev–Trinajstić information content (AvgIpc) is 2.82. The summed E-state index contributed by atoms with van der Waals surface area (Å²) in [7, 11) is 0. The topological polar surface area (TPSA) is 104 Å². The molecule has 0 saturated heterocycles. The first-order valence-corrected chi connectivity index (χ1v) is 11.5. The maximum atomic E-state index is 12.5. The SMILES string of the molecule is C[C@@H]1CC[C@](C)(CNC(=O)CCn2[nH]c(=O)ccc2=O)C[C@H](c2ccccc2)C[C@@H](O)C1. The van der Waals surface area contributed by atoms with Gasteiger partial charge in [-0.15, -0.1) is 0 Å². The molecule has 174 valence electrons. The van der Waals surface area contributed by atoms with Crippen LogP contribution in [0.1, 0.15) is 63.9 Å². The van der Waals surface area contributed by atoms with Gasteiger partial charge in [-0.05, 0) is 48.5 Å². The largest absolute Gasteiger partial charge is 0.393 e. The maximum Gasteiger partial charge on any atom is 0.265 e. The molecule has 1 heterocycles. The van der Waals surface area contributed by atoms with Crippen molar-refractivity contribution in [2.45, 2.75) is 70.9 Å². The van der Waals surface area contributed by atoms with E-state index in [0.717, 1.165) is 36.8 Å². The number of hydrogen-bond acceptors (Lipinski definition) is 4. The van der Waals surface area contributed by atoms with E-state index in [1.165, 1.54) is 17.7 Å². The Hall–Kier alpha value is -2.67. The summed E-state index contributed by atoms with van der Waals surface area (Å²) in [5.74, 6) is 0.509. The van der Waals surface area contributed by atoms with Crippen LogP contribution in [0.2, 0.25) is 0 Å². The number of hydrogen-bond donors (Lipinski definition) is 3. The lowest BCUT2D eigenvalue weighted by atomic mass is 9.74. The number of aromatic nitrogens is 2. The number of aliphatic hydroxyl groups is 1. The molecule has 1 aliphatic rings. The van der Waals surface area contributed by atoms with Crippen molar-refractivity contribution in [3.8, 4) is 0 Å². The average molecular weight is 442 g/mol. The van der Waals surface area contributed by atoms with Crippen molar-refractivity contribution in [3.05, 3.63) is 68.7 Å². The summed E-state index contributed by atoms with van der Waals surface area (Å²) in [5.41, 5.74) is 0.420. The first kappa shape index (κ1) is 24.0. The standard InChI is InChI=1S/C25H35N3O4/c1-18-10-12-25(2,16-20(15-21(29)14-18)19-6-4-3-5-7-19)17-26-22(30)11-13-28-24(32)9-8-23(31)27-28/h3-9,18,20-21,29H,10-17H2,1-2H3,(H,26,30)(H,27,31)/t18-,20-,21+,25+/m1/s1. The predicted octanol–water partition coefficient (Wildman–Crippen LogP) is 2.79. The molecule has 7 heteroatoms. The molecule has 7 nitrogen and oxygen atoms in total. The van der Waals surface area contributed by atoms with Crippen molar-refractivity contribution in [3.63, 3.8) is 0 Å². The Balaban J connectivity index is 1.66. The van der Waals surface area contributed by atoms with Gasteiger partial charge in [0.2, 0.25) is 5.91 Å². The summed E-state index contributed by atoms with van der Waals surface area (Å²) >= 11 is 0. The molecule has 1 amide bonds. The monoisotopic (exact) mass is 441 g/mol. The third kappa shape index (κ3) is 6.92. The molecule has 1 aromatic heterocycles. The Morgan fingerprint density at radius 1 is 1.19 bits per heavy atom. The van der Waals surface area contributed by atoms with Gasteiger partial charge in [-0.3, -0.25) is 19.5 Å². The Morgan fingerprint density at radius 2 is 1.94 bits per heavy atom. The van der Waals surface area contributed by atoms with Gasteiger partial charge in [-0.2, -0.15) is 0 Å². The van der Waals surface area contributed by atoms with Crippen molar-refractivity contribution < 1.29 is 9.90 Å². The molecule has 1 saturated carbocycles. The zero-order valence-electron chi connectivity index (χ0n) is 19.0. The van der Waals surface area contributed by atoms with Crippen LogP contribution in [0.25, 0.3) is 0 Å². The van der Waals surface area contributed by atoms with Gasteiger partial charge in [-0.25, -0.2) is 4.68 Å². The van der Waals surface area contributed by atoms with Gasteiger partial charge >= 0.3 is 0 Å². The third-order valence-corrected chi connectivity index (χ3v) is 6.65. The van der Waals surface area contributed by atoms with Crippen LogP contribution in [0.5, 0.6) is 0 Å². The number of rotatable bonds is 6. The second-order valence-corrected chi connectivity index (χ2v) is 9.72.